The lowest BCUT2D eigenvalue weighted by Crippen LogP contribution is -2.38. The summed E-state index contributed by atoms with van der Waals surface area (Å²) in [6.45, 7) is 10.9. The number of nitrogens with zero attached hydrogens (tertiary/aromatic N) is 3. The second-order valence-corrected chi connectivity index (χ2v) is 6.88. The van der Waals surface area contributed by atoms with E-state index in [0.717, 1.165) is 12.8 Å². The Balaban J connectivity index is 2.19. The van der Waals surface area contributed by atoms with Crippen LogP contribution in [0.1, 0.15) is 38.8 Å². The average Bonchev–Trinajstić information content (AvgIpc) is 3.04. The lowest BCUT2D eigenvalue weighted by atomic mass is 9.82. The number of aromatic nitrogens is 3. The van der Waals surface area contributed by atoms with Crippen molar-refractivity contribution in [3.05, 3.63) is 61.2 Å². The normalized spacial score (nSPS) is 14.4. The lowest BCUT2D eigenvalue weighted by molar-refractivity contribution is -0.0437. The van der Waals surface area contributed by atoms with Gasteiger partial charge >= 0.3 is 0 Å². The zero-order valence-corrected chi connectivity index (χ0v) is 14.4. The van der Waals surface area contributed by atoms with Crippen LogP contribution in [0.5, 0.6) is 0 Å². The highest BCUT2D eigenvalue weighted by Crippen LogP contribution is 2.33. The van der Waals surface area contributed by atoms with Gasteiger partial charge in [-0.05, 0) is 23.8 Å². The molecule has 2 aromatic rings. The summed E-state index contributed by atoms with van der Waals surface area (Å²) in [5.41, 5.74) is 1.32. The first-order valence-corrected chi connectivity index (χ1v) is 8.13. The molecule has 1 heterocycles. The second-order valence-electron chi connectivity index (χ2n) is 6.88. The van der Waals surface area contributed by atoms with Crippen molar-refractivity contribution in [1.82, 2.24) is 14.8 Å². The van der Waals surface area contributed by atoms with Gasteiger partial charge in [-0.1, -0.05) is 57.2 Å². The predicted octanol–water partition coefficient (Wildman–Crippen LogP) is 4.07. The van der Waals surface area contributed by atoms with Crippen molar-refractivity contribution in [3.8, 4) is 0 Å². The molecule has 0 N–H and O–H groups in total. The maximum atomic E-state index is 6.12. The number of benzene rings is 1. The number of ether oxygens (including phenoxy) is 1. The van der Waals surface area contributed by atoms with Crippen LogP contribution in [0, 0.1) is 5.41 Å². The summed E-state index contributed by atoms with van der Waals surface area (Å²) in [5.74, 6) is 0. The van der Waals surface area contributed by atoms with E-state index in [2.05, 4.69) is 61.7 Å². The summed E-state index contributed by atoms with van der Waals surface area (Å²) >= 11 is 0. The van der Waals surface area contributed by atoms with Gasteiger partial charge in [0.2, 0.25) is 0 Å². The molecule has 0 saturated carbocycles. The Bertz CT molecular complexity index is 572. The van der Waals surface area contributed by atoms with Crippen molar-refractivity contribution in [2.75, 3.05) is 6.61 Å². The molecule has 4 nitrogen and oxygen atoms in total. The molecule has 1 aromatic carbocycles. The predicted molar refractivity (Wildman–Crippen MR) is 93.2 cm³/mol. The van der Waals surface area contributed by atoms with E-state index in [0.29, 0.717) is 6.61 Å². The molecule has 124 valence electrons. The Morgan fingerprint density at radius 1 is 1.26 bits per heavy atom. The lowest BCUT2D eigenvalue weighted by Gasteiger charge is -2.36. The Hall–Kier alpha value is -1.94. The minimum absolute atomic E-state index is 0.00366. The fourth-order valence-corrected chi connectivity index (χ4v) is 2.88. The van der Waals surface area contributed by atoms with Gasteiger partial charge in [0.05, 0.1) is 18.8 Å². The van der Waals surface area contributed by atoms with E-state index < -0.39 is 0 Å². The Kier molecular flexibility index (Phi) is 6.11. The van der Waals surface area contributed by atoms with Gasteiger partial charge in [-0.2, -0.15) is 5.10 Å². The quantitative estimate of drug-likeness (QED) is 0.690. The maximum Gasteiger partial charge on any atom is 0.137 e. The van der Waals surface area contributed by atoms with Crippen LogP contribution >= 0.6 is 0 Å². The van der Waals surface area contributed by atoms with Crippen molar-refractivity contribution < 1.29 is 4.74 Å². The van der Waals surface area contributed by atoms with Crippen LogP contribution in [0.15, 0.2) is 55.6 Å². The fourth-order valence-electron chi connectivity index (χ4n) is 2.88. The molecule has 0 aliphatic heterocycles. The zero-order chi connectivity index (χ0) is 16.7. The highest BCUT2D eigenvalue weighted by Gasteiger charge is 2.34. The van der Waals surface area contributed by atoms with E-state index in [4.69, 9.17) is 4.74 Å². The summed E-state index contributed by atoms with van der Waals surface area (Å²) in [6, 6.07) is 10.7. The first-order valence-electron chi connectivity index (χ1n) is 8.13. The van der Waals surface area contributed by atoms with Gasteiger partial charge in [0, 0.05) is 0 Å². The first-order chi connectivity index (χ1) is 11.0. The Labute approximate surface area is 139 Å². The molecule has 1 aromatic heterocycles. The van der Waals surface area contributed by atoms with E-state index in [9.17, 15) is 0 Å². The topological polar surface area (TPSA) is 39.9 Å². The average molecular weight is 313 g/mol. The zero-order valence-electron chi connectivity index (χ0n) is 14.4. The van der Waals surface area contributed by atoms with E-state index in [-0.39, 0.29) is 17.6 Å². The molecule has 0 radical (unpaired) electrons. The molecule has 0 saturated heterocycles. The van der Waals surface area contributed by atoms with Crippen molar-refractivity contribution in [1.29, 1.82) is 0 Å². The molecule has 2 atom stereocenters. The van der Waals surface area contributed by atoms with Gasteiger partial charge in [-0.15, -0.1) is 6.58 Å². The molecule has 0 amide bonds. The van der Waals surface area contributed by atoms with E-state index >= 15 is 0 Å². The highest BCUT2D eigenvalue weighted by molar-refractivity contribution is 5.14. The standard InChI is InChI=1S/C19H27N3O/c1-5-13-23-18(19(2,3)4)17(22-15-20-14-21-22)12-11-16-9-7-6-8-10-16/h5-10,14-15,17-18H,1,11-13H2,2-4H3. The summed E-state index contributed by atoms with van der Waals surface area (Å²) in [4.78, 5) is 4.12. The van der Waals surface area contributed by atoms with Crippen molar-refractivity contribution in [2.45, 2.75) is 45.8 Å². The molecule has 0 spiro atoms. The van der Waals surface area contributed by atoms with Crippen LogP contribution in [0.25, 0.3) is 0 Å². The monoisotopic (exact) mass is 313 g/mol. The summed E-state index contributed by atoms with van der Waals surface area (Å²) in [7, 11) is 0. The largest absolute Gasteiger partial charge is 0.371 e. The molecule has 4 heteroatoms. The number of rotatable bonds is 8. The summed E-state index contributed by atoms with van der Waals surface area (Å²) in [5, 5.41) is 4.37. The minimum Gasteiger partial charge on any atom is -0.371 e. The molecule has 0 bridgehead atoms. The van der Waals surface area contributed by atoms with Crippen LogP contribution in [-0.2, 0) is 11.2 Å². The Morgan fingerprint density at radius 2 is 2.00 bits per heavy atom. The van der Waals surface area contributed by atoms with Crippen LogP contribution in [0.4, 0.5) is 0 Å². The van der Waals surface area contributed by atoms with E-state index in [1.807, 2.05) is 10.7 Å². The van der Waals surface area contributed by atoms with E-state index in [1.165, 1.54) is 5.56 Å². The van der Waals surface area contributed by atoms with Crippen LogP contribution in [-0.4, -0.2) is 27.5 Å². The van der Waals surface area contributed by atoms with Crippen LogP contribution < -0.4 is 0 Å². The molecule has 0 aliphatic carbocycles. The van der Waals surface area contributed by atoms with Crippen LogP contribution in [0.3, 0.4) is 0 Å². The number of hydrogen-bond acceptors (Lipinski definition) is 3. The van der Waals surface area contributed by atoms with Gasteiger partial charge in [-0.3, -0.25) is 0 Å². The van der Waals surface area contributed by atoms with Gasteiger partial charge in [-0.25, -0.2) is 9.67 Å². The molecule has 0 fully saturated rings. The van der Waals surface area contributed by atoms with E-state index in [1.54, 1.807) is 18.7 Å². The van der Waals surface area contributed by atoms with Gasteiger partial charge < -0.3 is 4.74 Å². The molecule has 0 aliphatic rings. The van der Waals surface area contributed by atoms with Gasteiger partial charge in [0.25, 0.3) is 0 Å². The van der Waals surface area contributed by atoms with Gasteiger partial charge in [0.1, 0.15) is 12.7 Å². The summed E-state index contributed by atoms with van der Waals surface area (Å²) < 4.78 is 8.06. The molecule has 2 rings (SSSR count). The third kappa shape index (κ3) is 5.03. The SMILES string of the molecule is C=CCOC(C(CCc1ccccc1)n1cncn1)C(C)(C)C. The summed E-state index contributed by atoms with van der Waals surface area (Å²) in [6.07, 6.45) is 7.14. The fraction of sp³-hybridized carbons (Fsp3) is 0.474. The Morgan fingerprint density at radius 3 is 2.57 bits per heavy atom. The molecule has 23 heavy (non-hydrogen) atoms. The number of aryl methyl sites for hydroxylation is 1. The van der Waals surface area contributed by atoms with Crippen molar-refractivity contribution >= 4 is 0 Å². The first kappa shape index (κ1) is 17.4. The highest BCUT2D eigenvalue weighted by atomic mass is 16.5. The van der Waals surface area contributed by atoms with Gasteiger partial charge in [0.15, 0.2) is 0 Å². The second kappa shape index (κ2) is 8.06. The van der Waals surface area contributed by atoms with Crippen molar-refractivity contribution in [3.63, 3.8) is 0 Å². The van der Waals surface area contributed by atoms with Crippen molar-refractivity contribution in [2.24, 2.45) is 5.41 Å². The number of hydrogen-bond donors (Lipinski definition) is 0. The minimum atomic E-state index is -0.00366. The third-order valence-electron chi connectivity index (χ3n) is 3.94. The molecular weight excluding hydrogens is 286 g/mol. The molecule has 2 unspecified atom stereocenters. The third-order valence-corrected chi connectivity index (χ3v) is 3.94. The van der Waals surface area contributed by atoms with Crippen LogP contribution in [0.2, 0.25) is 0 Å². The molecular formula is C19H27N3O. The maximum absolute atomic E-state index is 6.12. The smallest absolute Gasteiger partial charge is 0.137 e.